The van der Waals surface area contributed by atoms with Crippen molar-refractivity contribution in [1.82, 2.24) is 0 Å². The molecule has 0 bridgehead atoms. The fourth-order valence-electron chi connectivity index (χ4n) is 4.06. The van der Waals surface area contributed by atoms with E-state index in [9.17, 15) is 9.18 Å². The summed E-state index contributed by atoms with van der Waals surface area (Å²) in [6, 6.07) is 23.3. The van der Waals surface area contributed by atoms with Crippen LogP contribution in [-0.4, -0.2) is 5.91 Å². The van der Waals surface area contributed by atoms with Gasteiger partial charge in [-0.05, 0) is 54.7 Å². The third kappa shape index (κ3) is 4.92. The summed E-state index contributed by atoms with van der Waals surface area (Å²) in [5.41, 5.74) is 4.43. The number of nitrogens with one attached hydrogen (secondary N) is 1. The van der Waals surface area contributed by atoms with Gasteiger partial charge in [0.2, 0.25) is 5.91 Å². The zero-order chi connectivity index (χ0) is 20.8. The molecule has 0 heterocycles. The quantitative estimate of drug-likeness (QED) is 0.483. The van der Waals surface area contributed by atoms with Crippen molar-refractivity contribution in [3.8, 4) is 0 Å². The second kappa shape index (κ2) is 9.51. The molecule has 1 unspecified atom stereocenters. The van der Waals surface area contributed by atoms with Crippen LogP contribution in [0.25, 0.3) is 0 Å². The van der Waals surface area contributed by atoms with E-state index in [1.807, 2.05) is 50.2 Å². The molecule has 0 saturated carbocycles. The zero-order valence-corrected chi connectivity index (χ0v) is 17.3. The van der Waals surface area contributed by atoms with Crippen molar-refractivity contribution in [3.63, 3.8) is 0 Å². The first-order valence-electron chi connectivity index (χ1n) is 10.2. The summed E-state index contributed by atoms with van der Waals surface area (Å²) in [7, 11) is 0. The second-order valence-corrected chi connectivity index (χ2v) is 7.60. The number of rotatable bonds is 7. The Balaban J connectivity index is 2.00. The summed E-state index contributed by atoms with van der Waals surface area (Å²) >= 11 is 0. The van der Waals surface area contributed by atoms with Crippen molar-refractivity contribution >= 4 is 11.6 Å². The van der Waals surface area contributed by atoms with Crippen LogP contribution in [0.15, 0.2) is 72.8 Å². The Morgan fingerprint density at radius 1 is 0.897 bits per heavy atom. The van der Waals surface area contributed by atoms with E-state index in [2.05, 4.69) is 36.5 Å². The van der Waals surface area contributed by atoms with Crippen molar-refractivity contribution in [1.29, 1.82) is 0 Å². The number of amides is 1. The molecule has 2 nitrogen and oxygen atoms in total. The van der Waals surface area contributed by atoms with Crippen molar-refractivity contribution in [2.75, 3.05) is 5.32 Å². The van der Waals surface area contributed by atoms with Crippen molar-refractivity contribution < 1.29 is 9.18 Å². The molecule has 0 spiro atoms. The van der Waals surface area contributed by atoms with E-state index in [0.717, 1.165) is 35.1 Å². The average molecular weight is 390 g/mol. The van der Waals surface area contributed by atoms with Crippen LogP contribution in [-0.2, 0) is 4.79 Å². The van der Waals surface area contributed by atoms with Crippen LogP contribution in [0.3, 0.4) is 0 Å². The van der Waals surface area contributed by atoms with Gasteiger partial charge in [-0.3, -0.25) is 4.79 Å². The smallest absolute Gasteiger partial charge is 0.228 e. The standard InChI is InChI=1S/C26H28FNO/c1-4-11-23(26(29)28-25-18(2)16-22(27)17-19(25)3)24(20-12-7-5-8-13-20)21-14-9-6-10-15-21/h5-10,12-17,23-24H,4,11H2,1-3H3,(H,28,29). The van der Waals surface area contributed by atoms with Gasteiger partial charge in [0.25, 0.3) is 0 Å². The minimum atomic E-state index is -0.283. The summed E-state index contributed by atoms with van der Waals surface area (Å²) in [6.45, 7) is 5.75. The zero-order valence-electron chi connectivity index (χ0n) is 17.3. The minimum Gasteiger partial charge on any atom is -0.325 e. The number of benzene rings is 3. The van der Waals surface area contributed by atoms with E-state index in [1.165, 1.54) is 12.1 Å². The molecule has 150 valence electrons. The van der Waals surface area contributed by atoms with Gasteiger partial charge in [-0.1, -0.05) is 74.0 Å². The number of carbonyl (C=O) groups excluding carboxylic acids is 1. The fraction of sp³-hybridized carbons (Fsp3) is 0.269. The number of carbonyl (C=O) groups is 1. The highest BCUT2D eigenvalue weighted by Crippen LogP contribution is 2.36. The number of aryl methyl sites for hydroxylation is 2. The molecule has 0 fully saturated rings. The van der Waals surface area contributed by atoms with Crippen LogP contribution >= 0.6 is 0 Å². The monoisotopic (exact) mass is 389 g/mol. The summed E-state index contributed by atoms with van der Waals surface area (Å²) in [6.07, 6.45) is 1.66. The van der Waals surface area contributed by atoms with E-state index >= 15 is 0 Å². The SMILES string of the molecule is CCCC(C(=O)Nc1c(C)cc(F)cc1C)C(c1ccccc1)c1ccccc1. The Labute approximate surface area is 172 Å². The molecular weight excluding hydrogens is 361 g/mol. The molecule has 1 atom stereocenters. The van der Waals surface area contributed by atoms with Gasteiger partial charge >= 0.3 is 0 Å². The van der Waals surface area contributed by atoms with Crippen molar-refractivity contribution in [2.45, 2.75) is 39.5 Å². The van der Waals surface area contributed by atoms with Gasteiger partial charge in [0.15, 0.2) is 0 Å². The highest BCUT2D eigenvalue weighted by Gasteiger charge is 2.30. The molecule has 0 aromatic heterocycles. The van der Waals surface area contributed by atoms with Crippen LogP contribution in [0.2, 0.25) is 0 Å². The largest absolute Gasteiger partial charge is 0.325 e. The molecule has 1 N–H and O–H groups in total. The maximum atomic E-state index is 13.7. The predicted molar refractivity (Wildman–Crippen MR) is 118 cm³/mol. The first-order valence-corrected chi connectivity index (χ1v) is 10.2. The van der Waals surface area contributed by atoms with E-state index in [0.29, 0.717) is 5.69 Å². The number of anilines is 1. The van der Waals surface area contributed by atoms with Gasteiger partial charge in [0, 0.05) is 17.5 Å². The molecule has 3 rings (SSSR count). The lowest BCUT2D eigenvalue weighted by Crippen LogP contribution is -2.29. The highest BCUT2D eigenvalue weighted by atomic mass is 19.1. The molecule has 3 aromatic rings. The molecule has 0 aliphatic heterocycles. The van der Waals surface area contributed by atoms with Gasteiger partial charge < -0.3 is 5.32 Å². The molecule has 29 heavy (non-hydrogen) atoms. The lowest BCUT2D eigenvalue weighted by molar-refractivity contribution is -0.120. The third-order valence-electron chi connectivity index (χ3n) is 5.40. The van der Waals surface area contributed by atoms with Crippen molar-refractivity contribution in [2.24, 2.45) is 5.92 Å². The van der Waals surface area contributed by atoms with E-state index < -0.39 is 0 Å². The first-order chi connectivity index (χ1) is 14.0. The van der Waals surface area contributed by atoms with E-state index in [-0.39, 0.29) is 23.6 Å². The van der Waals surface area contributed by atoms with Crippen LogP contribution in [0.5, 0.6) is 0 Å². The topological polar surface area (TPSA) is 29.1 Å². The van der Waals surface area contributed by atoms with Gasteiger partial charge in [-0.15, -0.1) is 0 Å². The van der Waals surface area contributed by atoms with Gasteiger partial charge in [0.1, 0.15) is 5.82 Å². The number of halogens is 1. The first kappa shape index (κ1) is 20.8. The minimum absolute atomic E-state index is 0.0256. The lowest BCUT2D eigenvalue weighted by atomic mass is 9.78. The molecule has 0 aliphatic rings. The number of hydrogen-bond donors (Lipinski definition) is 1. The van der Waals surface area contributed by atoms with Crippen LogP contribution in [0, 0.1) is 25.6 Å². The average Bonchev–Trinajstić information content (AvgIpc) is 2.72. The molecule has 3 heteroatoms. The van der Waals surface area contributed by atoms with Gasteiger partial charge in [-0.25, -0.2) is 4.39 Å². The molecule has 1 amide bonds. The van der Waals surface area contributed by atoms with Crippen LogP contribution in [0.1, 0.15) is 47.9 Å². The highest BCUT2D eigenvalue weighted by molar-refractivity contribution is 5.95. The molecular formula is C26H28FNO. The fourth-order valence-corrected chi connectivity index (χ4v) is 4.06. The van der Waals surface area contributed by atoms with Crippen molar-refractivity contribution in [3.05, 3.63) is 101 Å². The second-order valence-electron chi connectivity index (χ2n) is 7.60. The maximum absolute atomic E-state index is 13.7. The molecule has 0 radical (unpaired) electrons. The third-order valence-corrected chi connectivity index (χ3v) is 5.40. The molecule has 0 aliphatic carbocycles. The summed E-state index contributed by atoms with van der Waals surface area (Å²) in [5, 5.41) is 3.11. The summed E-state index contributed by atoms with van der Waals surface area (Å²) in [5.74, 6) is -0.580. The van der Waals surface area contributed by atoms with Crippen LogP contribution < -0.4 is 5.32 Å². The van der Waals surface area contributed by atoms with E-state index in [4.69, 9.17) is 0 Å². The molecule has 0 saturated heterocycles. The summed E-state index contributed by atoms with van der Waals surface area (Å²) in [4.78, 5) is 13.5. The lowest BCUT2D eigenvalue weighted by Gasteiger charge is -2.28. The Morgan fingerprint density at radius 2 is 1.38 bits per heavy atom. The Hall–Kier alpha value is -2.94. The Kier molecular flexibility index (Phi) is 6.82. The maximum Gasteiger partial charge on any atom is 0.228 e. The van der Waals surface area contributed by atoms with Crippen LogP contribution in [0.4, 0.5) is 10.1 Å². The molecule has 3 aromatic carbocycles. The Bertz CT molecular complexity index is 890. The van der Waals surface area contributed by atoms with Gasteiger partial charge in [-0.2, -0.15) is 0 Å². The van der Waals surface area contributed by atoms with E-state index in [1.54, 1.807) is 0 Å². The Morgan fingerprint density at radius 3 is 1.83 bits per heavy atom. The predicted octanol–water partition coefficient (Wildman–Crippen LogP) is 6.63. The normalized spacial score (nSPS) is 12.0. The summed E-state index contributed by atoms with van der Waals surface area (Å²) < 4.78 is 13.7. The number of hydrogen-bond acceptors (Lipinski definition) is 1. The van der Waals surface area contributed by atoms with Gasteiger partial charge in [0.05, 0.1) is 0 Å².